The van der Waals surface area contributed by atoms with Gasteiger partial charge in [0.25, 0.3) is 11.5 Å². The predicted molar refractivity (Wildman–Crippen MR) is 130 cm³/mol. The highest BCUT2D eigenvalue weighted by Gasteiger charge is 2.33. The number of halogens is 1. The molecular formula is C24H30FN7O3. The van der Waals surface area contributed by atoms with Crippen molar-refractivity contribution < 1.29 is 13.9 Å². The largest absolute Gasteiger partial charge is 0.381 e. The Labute approximate surface area is 201 Å². The number of hydrogen-bond donors (Lipinski definition) is 3. The number of nitrogens with one attached hydrogen (secondary N) is 3. The molecule has 0 radical (unpaired) electrons. The van der Waals surface area contributed by atoms with E-state index >= 15 is 0 Å². The minimum atomic E-state index is -1.02. The monoisotopic (exact) mass is 483 g/mol. The highest BCUT2D eigenvalue weighted by molar-refractivity contribution is 6.00. The molecule has 2 aliphatic rings. The summed E-state index contributed by atoms with van der Waals surface area (Å²) in [6.45, 7) is 0. The molecule has 186 valence electrons. The van der Waals surface area contributed by atoms with Gasteiger partial charge in [0.1, 0.15) is 29.1 Å². The Morgan fingerprint density at radius 2 is 2.00 bits per heavy atom. The van der Waals surface area contributed by atoms with E-state index in [0.717, 1.165) is 25.7 Å². The van der Waals surface area contributed by atoms with E-state index < -0.39 is 18.1 Å². The first kappa shape index (κ1) is 23.3. The molecule has 3 N–H and O–H groups in total. The second kappa shape index (κ2) is 9.65. The van der Waals surface area contributed by atoms with Crippen molar-refractivity contribution in [1.82, 2.24) is 24.5 Å². The molecule has 3 aromatic rings. The predicted octanol–water partition coefficient (Wildman–Crippen LogP) is 3.04. The van der Waals surface area contributed by atoms with Gasteiger partial charge in [-0.15, -0.1) is 0 Å². The average Bonchev–Trinajstić information content (AvgIpc) is 3.31. The summed E-state index contributed by atoms with van der Waals surface area (Å²) in [6, 6.07) is 4.91. The van der Waals surface area contributed by atoms with E-state index in [1.807, 2.05) is 12.3 Å². The molecule has 0 spiro atoms. The van der Waals surface area contributed by atoms with Crippen molar-refractivity contribution in [1.29, 1.82) is 0 Å². The summed E-state index contributed by atoms with van der Waals surface area (Å²) in [5, 5.41) is 13.1. The maximum atomic E-state index is 13.7. The van der Waals surface area contributed by atoms with Crippen molar-refractivity contribution in [3.63, 3.8) is 0 Å². The van der Waals surface area contributed by atoms with Gasteiger partial charge in [-0.05, 0) is 50.7 Å². The summed E-state index contributed by atoms with van der Waals surface area (Å²) in [6.07, 6.45) is 7.13. The zero-order chi connectivity index (χ0) is 24.5. The number of amides is 1. The number of rotatable bonds is 7. The van der Waals surface area contributed by atoms with Crippen LogP contribution in [0.4, 0.5) is 21.7 Å². The molecule has 10 nitrogen and oxygen atoms in total. The van der Waals surface area contributed by atoms with Gasteiger partial charge in [0.15, 0.2) is 5.65 Å². The van der Waals surface area contributed by atoms with E-state index in [1.165, 1.54) is 10.7 Å². The molecule has 0 aromatic carbocycles. The average molecular weight is 484 g/mol. The topological polar surface area (TPSA) is 115 Å². The van der Waals surface area contributed by atoms with E-state index in [-0.39, 0.29) is 23.3 Å². The lowest BCUT2D eigenvalue weighted by molar-refractivity contribution is 0.0580. The molecule has 2 saturated carbocycles. The molecule has 3 heterocycles. The third kappa shape index (κ3) is 4.47. The lowest BCUT2D eigenvalue weighted by atomic mass is 9.90. The first-order valence-electron chi connectivity index (χ1n) is 12.0. The number of pyridine rings is 1. The van der Waals surface area contributed by atoms with E-state index in [1.54, 1.807) is 30.9 Å². The van der Waals surface area contributed by atoms with Crippen LogP contribution in [0.1, 0.15) is 54.9 Å². The molecule has 11 heteroatoms. The maximum Gasteiger partial charge on any atom is 0.274 e. The smallest absolute Gasteiger partial charge is 0.274 e. The molecule has 35 heavy (non-hydrogen) atoms. The number of methoxy groups -OCH3 is 1. The minimum Gasteiger partial charge on any atom is -0.381 e. The summed E-state index contributed by atoms with van der Waals surface area (Å²) in [4.78, 5) is 30.6. The molecule has 2 atom stereocenters. The second-order valence-electron chi connectivity index (χ2n) is 9.17. The third-order valence-corrected chi connectivity index (χ3v) is 7.09. The van der Waals surface area contributed by atoms with Crippen LogP contribution in [0.5, 0.6) is 0 Å². The highest BCUT2D eigenvalue weighted by atomic mass is 19.1. The van der Waals surface area contributed by atoms with Gasteiger partial charge in [-0.3, -0.25) is 9.59 Å². The molecule has 2 fully saturated rings. The van der Waals surface area contributed by atoms with Crippen molar-refractivity contribution in [2.24, 2.45) is 0 Å². The van der Waals surface area contributed by atoms with Crippen molar-refractivity contribution in [2.75, 3.05) is 24.8 Å². The number of carbonyl (C=O) groups is 1. The summed E-state index contributed by atoms with van der Waals surface area (Å²) < 4.78 is 22.4. The Bertz CT molecular complexity index is 1280. The van der Waals surface area contributed by atoms with E-state index in [0.29, 0.717) is 35.8 Å². The van der Waals surface area contributed by atoms with Crippen molar-refractivity contribution in [3.05, 3.63) is 46.5 Å². The van der Waals surface area contributed by atoms with Crippen molar-refractivity contribution in [2.45, 2.75) is 62.9 Å². The zero-order valence-corrected chi connectivity index (χ0v) is 19.8. The number of hydrogen-bond acceptors (Lipinski definition) is 7. The summed E-state index contributed by atoms with van der Waals surface area (Å²) >= 11 is 0. The number of ether oxygens (including phenoxy) is 1. The number of alkyl halides is 1. The Morgan fingerprint density at radius 3 is 2.66 bits per heavy atom. The second-order valence-corrected chi connectivity index (χ2v) is 9.17. The molecule has 3 aromatic heterocycles. The van der Waals surface area contributed by atoms with Gasteiger partial charge in [-0.1, -0.05) is 0 Å². The van der Waals surface area contributed by atoms with Crippen LogP contribution in [0.3, 0.4) is 0 Å². The van der Waals surface area contributed by atoms with Gasteiger partial charge in [-0.2, -0.15) is 9.61 Å². The van der Waals surface area contributed by atoms with Crippen molar-refractivity contribution in [3.8, 4) is 0 Å². The summed E-state index contributed by atoms with van der Waals surface area (Å²) in [7, 11) is 3.46. The van der Waals surface area contributed by atoms with Crippen LogP contribution < -0.4 is 21.5 Å². The number of aromatic nitrogens is 4. The van der Waals surface area contributed by atoms with Gasteiger partial charge in [0.05, 0.1) is 18.3 Å². The fourth-order valence-electron chi connectivity index (χ4n) is 4.82. The molecular weight excluding hydrogens is 453 g/mol. The summed E-state index contributed by atoms with van der Waals surface area (Å²) in [5.74, 6) is 0.548. The van der Waals surface area contributed by atoms with Gasteiger partial charge >= 0.3 is 0 Å². The normalized spacial score (nSPS) is 24.1. The molecule has 1 amide bonds. The standard InChI is InChI=1S/C24H30FN7O3/c1-26-21-12-20(30-22-16(13-27-32(21)22)23(33)29-18-10-9-17(18)25)28-19-4-3-11-31(24(19)34)14-5-7-15(35-2)8-6-14/h3-4,11-15,17-18,26H,5-10H2,1-2H3,(H,28,30)(H,29,33)/t14?,15?,17-,18-/m1/s1. The number of nitrogens with zero attached hydrogens (tertiary/aromatic N) is 4. The van der Waals surface area contributed by atoms with E-state index in [2.05, 4.69) is 26.0 Å². The van der Waals surface area contributed by atoms with Crippen LogP contribution in [-0.4, -0.2) is 57.5 Å². The highest BCUT2D eigenvalue weighted by Crippen LogP contribution is 2.29. The lowest BCUT2D eigenvalue weighted by Crippen LogP contribution is -2.48. The Kier molecular flexibility index (Phi) is 6.42. The SMILES string of the molecule is CNc1cc(Nc2cccn(C3CCC(OC)CC3)c2=O)nc2c(C(=O)N[C@@H]3CC[C@H]3F)cnn12. The molecule has 0 bridgehead atoms. The van der Waals surface area contributed by atoms with Crippen molar-refractivity contribution >= 4 is 28.9 Å². The quantitative estimate of drug-likeness (QED) is 0.473. The van der Waals surface area contributed by atoms with Crippen LogP contribution in [0.25, 0.3) is 5.65 Å². The number of carbonyl (C=O) groups excluding carboxylic acids is 1. The third-order valence-electron chi connectivity index (χ3n) is 7.09. The molecule has 2 aliphatic carbocycles. The van der Waals surface area contributed by atoms with Crippen LogP contribution in [0, 0.1) is 0 Å². The number of anilines is 3. The first-order valence-corrected chi connectivity index (χ1v) is 12.0. The molecule has 0 aliphatic heterocycles. The maximum absolute atomic E-state index is 13.7. The van der Waals surface area contributed by atoms with E-state index in [9.17, 15) is 14.0 Å². The molecule has 5 rings (SSSR count). The van der Waals surface area contributed by atoms with E-state index in [4.69, 9.17) is 4.74 Å². The van der Waals surface area contributed by atoms with Crippen LogP contribution in [0.15, 0.2) is 35.4 Å². The Hall–Kier alpha value is -3.47. The van der Waals surface area contributed by atoms with Gasteiger partial charge in [-0.25, -0.2) is 9.37 Å². The Morgan fingerprint density at radius 1 is 1.20 bits per heavy atom. The first-order chi connectivity index (χ1) is 17.0. The van der Waals surface area contributed by atoms with Crippen LogP contribution >= 0.6 is 0 Å². The number of fused-ring (bicyclic) bond motifs is 1. The van der Waals surface area contributed by atoms with Crippen LogP contribution in [0.2, 0.25) is 0 Å². The van der Waals surface area contributed by atoms with Crippen LogP contribution in [-0.2, 0) is 4.74 Å². The zero-order valence-electron chi connectivity index (χ0n) is 19.8. The lowest BCUT2D eigenvalue weighted by Gasteiger charge is -2.30. The fraction of sp³-hybridized carbons (Fsp3) is 0.500. The minimum absolute atomic E-state index is 0.120. The van der Waals surface area contributed by atoms with Gasteiger partial charge in [0, 0.05) is 32.5 Å². The molecule has 0 unspecified atom stereocenters. The van der Waals surface area contributed by atoms with Gasteiger partial charge < -0.3 is 25.3 Å². The fourth-order valence-corrected chi connectivity index (χ4v) is 4.82. The Balaban J connectivity index is 1.42. The molecule has 0 saturated heterocycles. The summed E-state index contributed by atoms with van der Waals surface area (Å²) in [5.41, 5.74) is 0.803. The van der Waals surface area contributed by atoms with Gasteiger partial charge in [0.2, 0.25) is 0 Å².